The van der Waals surface area contributed by atoms with Gasteiger partial charge in [0.25, 0.3) is 5.89 Å². The third kappa shape index (κ3) is 6.69. The molecule has 0 saturated carbocycles. The third-order valence-corrected chi connectivity index (χ3v) is 7.54. The number of piperidine rings is 1. The minimum Gasteiger partial charge on any atom is -0.368 e. The summed E-state index contributed by atoms with van der Waals surface area (Å²) in [5.41, 5.74) is 1.92. The fraction of sp³-hybridized carbons (Fsp3) is 0.433. The number of aromatic nitrogens is 4. The van der Waals surface area contributed by atoms with E-state index in [1.807, 2.05) is 50.4 Å². The van der Waals surface area contributed by atoms with Crippen LogP contribution in [0.15, 0.2) is 59.3 Å². The fourth-order valence-electron chi connectivity index (χ4n) is 5.25. The van der Waals surface area contributed by atoms with E-state index in [0.29, 0.717) is 38.5 Å². The standard InChI is InChI=1S/C30H34F3N5O3/c1-3-38-19-24(20-8-6-5-7-9-20)26(35-38)28-34-27(36-41-28)23-11-10-21(25(18-23)30(31,32)33)12-15-37-16-13-22(14-17-37)29(39)40-4-2/h5-11,18-19,22,29,39H,3-4,12-17H2,1-2H3. The number of hydrogen-bond donors (Lipinski definition) is 1. The van der Waals surface area contributed by atoms with Crippen LogP contribution in [0.1, 0.15) is 37.8 Å². The second-order valence-corrected chi connectivity index (χ2v) is 10.2. The molecule has 1 fully saturated rings. The van der Waals surface area contributed by atoms with Gasteiger partial charge < -0.3 is 19.3 Å². The highest BCUT2D eigenvalue weighted by Gasteiger charge is 2.34. The van der Waals surface area contributed by atoms with Crippen molar-refractivity contribution in [3.63, 3.8) is 0 Å². The first-order chi connectivity index (χ1) is 19.8. The SMILES string of the molecule is CCOC(O)C1CCN(CCc2ccc(-c3noc(-c4nn(CC)cc4-c4ccccc4)n3)cc2C(F)(F)F)CC1. The molecule has 0 bridgehead atoms. The largest absolute Gasteiger partial charge is 0.416 e. The van der Waals surface area contributed by atoms with E-state index in [-0.39, 0.29) is 35.2 Å². The van der Waals surface area contributed by atoms with Crippen LogP contribution in [0.5, 0.6) is 0 Å². The van der Waals surface area contributed by atoms with Crippen LogP contribution in [0.4, 0.5) is 13.2 Å². The van der Waals surface area contributed by atoms with E-state index in [1.54, 1.807) is 10.7 Å². The fourth-order valence-corrected chi connectivity index (χ4v) is 5.25. The summed E-state index contributed by atoms with van der Waals surface area (Å²) in [7, 11) is 0. The summed E-state index contributed by atoms with van der Waals surface area (Å²) in [5.74, 6) is 0.258. The molecular formula is C30H34F3N5O3. The van der Waals surface area contributed by atoms with Crippen LogP contribution in [0.3, 0.4) is 0 Å². The Labute approximate surface area is 236 Å². The summed E-state index contributed by atoms with van der Waals surface area (Å²) < 4.78 is 55.0. The van der Waals surface area contributed by atoms with E-state index in [1.165, 1.54) is 6.07 Å². The number of likely N-dealkylation sites (tertiary alicyclic amines) is 1. The zero-order chi connectivity index (χ0) is 29.0. The maximum absolute atomic E-state index is 14.1. The number of nitrogens with zero attached hydrogens (tertiary/aromatic N) is 5. The number of aliphatic hydroxyl groups is 1. The minimum atomic E-state index is -4.53. The Kier molecular flexibility index (Phi) is 8.86. The number of hydrogen-bond acceptors (Lipinski definition) is 7. The van der Waals surface area contributed by atoms with Gasteiger partial charge in [0.15, 0.2) is 12.0 Å². The first-order valence-electron chi connectivity index (χ1n) is 14.0. The molecule has 1 unspecified atom stereocenters. The number of halogens is 3. The Balaban J connectivity index is 1.33. The molecule has 0 spiro atoms. The van der Waals surface area contributed by atoms with Crippen LogP contribution < -0.4 is 0 Å². The second-order valence-electron chi connectivity index (χ2n) is 10.2. The van der Waals surface area contributed by atoms with Crippen LogP contribution in [0.25, 0.3) is 34.1 Å². The van der Waals surface area contributed by atoms with Gasteiger partial charge in [0, 0.05) is 42.9 Å². The van der Waals surface area contributed by atoms with Crippen LogP contribution in [0, 0.1) is 5.92 Å². The van der Waals surface area contributed by atoms with Crippen molar-refractivity contribution in [3.05, 3.63) is 65.9 Å². The molecule has 0 amide bonds. The van der Waals surface area contributed by atoms with Crippen molar-refractivity contribution >= 4 is 0 Å². The van der Waals surface area contributed by atoms with Crippen molar-refractivity contribution in [2.75, 3.05) is 26.2 Å². The normalized spacial score (nSPS) is 15.9. The predicted octanol–water partition coefficient (Wildman–Crippen LogP) is 5.92. The summed E-state index contributed by atoms with van der Waals surface area (Å²) in [4.78, 5) is 6.56. The molecule has 1 saturated heterocycles. The molecule has 3 heterocycles. The van der Waals surface area contributed by atoms with Gasteiger partial charge in [-0.05, 0) is 63.4 Å². The van der Waals surface area contributed by atoms with Gasteiger partial charge in [0.2, 0.25) is 5.82 Å². The summed E-state index contributed by atoms with van der Waals surface area (Å²) in [6, 6.07) is 13.8. The summed E-state index contributed by atoms with van der Waals surface area (Å²) in [6.07, 6.45) is -1.70. The average Bonchev–Trinajstić information content (AvgIpc) is 3.64. The van der Waals surface area contributed by atoms with E-state index in [4.69, 9.17) is 9.26 Å². The van der Waals surface area contributed by atoms with Gasteiger partial charge >= 0.3 is 6.18 Å². The molecule has 0 aliphatic carbocycles. The number of rotatable bonds is 10. The number of aryl methyl sites for hydroxylation is 1. The van der Waals surface area contributed by atoms with E-state index in [2.05, 4.69) is 20.1 Å². The maximum Gasteiger partial charge on any atom is 0.416 e. The van der Waals surface area contributed by atoms with Gasteiger partial charge in [-0.1, -0.05) is 47.6 Å². The van der Waals surface area contributed by atoms with Gasteiger partial charge in [-0.25, -0.2) is 0 Å². The van der Waals surface area contributed by atoms with Gasteiger partial charge in [-0.2, -0.15) is 23.3 Å². The van der Waals surface area contributed by atoms with Crippen LogP contribution in [-0.2, 0) is 23.9 Å². The minimum absolute atomic E-state index is 0.0515. The molecule has 8 nitrogen and oxygen atoms in total. The van der Waals surface area contributed by atoms with Gasteiger partial charge in [0.05, 0.1) is 5.56 Å². The molecular weight excluding hydrogens is 535 g/mol. The zero-order valence-corrected chi connectivity index (χ0v) is 23.1. The number of benzene rings is 2. The van der Waals surface area contributed by atoms with E-state index >= 15 is 0 Å². The molecule has 1 N–H and O–H groups in total. The number of ether oxygens (including phenoxy) is 1. The molecule has 1 aliphatic heterocycles. The Hall–Kier alpha value is -3.54. The van der Waals surface area contributed by atoms with Gasteiger partial charge in [0.1, 0.15) is 0 Å². The first-order valence-corrected chi connectivity index (χ1v) is 14.0. The number of aliphatic hydroxyl groups excluding tert-OH is 1. The first kappa shape index (κ1) is 29.0. The Bertz CT molecular complexity index is 1430. The molecule has 4 aromatic rings. The van der Waals surface area contributed by atoms with E-state index in [0.717, 1.165) is 30.0 Å². The smallest absolute Gasteiger partial charge is 0.368 e. The van der Waals surface area contributed by atoms with Gasteiger partial charge in [-0.3, -0.25) is 4.68 Å². The van der Waals surface area contributed by atoms with E-state index < -0.39 is 18.0 Å². The molecule has 5 rings (SSSR count). The lowest BCUT2D eigenvalue weighted by atomic mass is 9.95. The van der Waals surface area contributed by atoms with E-state index in [9.17, 15) is 18.3 Å². The Morgan fingerprint density at radius 1 is 1.07 bits per heavy atom. The van der Waals surface area contributed by atoms with Crippen molar-refractivity contribution in [2.24, 2.45) is 5.92 Å². The van der Waals surface area contributed by atoms with Crippen LogP contribution in [0.2, 0.25) is 0 Å². The zero-order valence-electron chi connectivity index (χ0n) is 23.1. The highest BCUT2D eigenvalue weighted by Crippen LogP contribution is 2.36. The predicted molar refractivity (Wildman–Crippen MR) is 148 cm³/mol. The van der Waals surface area contributed by atoms with Crippen LogP contribution >= 0.6 is 0 Å². The molecule has 11 heteroatoms. The average molecular weight is 570 g/mol. The molecule has 1 atom stereocenters. The quantitative estimate of drug-likeness (QED) is 0.237. The highest BCUT2D eigenvalue weighted by atomic mass is 19.4. The third-order valence-electron chi connectivity index (χ3n) is 7.54. The molecule has 2 aromatic carbocycles. The lowest BCUT2D eigenvalue weighted by Gasteiger charge is -2.34. The van der Waals surface area contributed by atoms with Crippen molar-refractivity contribution in [3.8, 4) is 34.1 Å². The topological polar surface area (TPSA) is 89.4 Å². The molecule has 41 heavy (non-hydrogen) atoms. The summed E-state index contributed by atoms with van der Waals surface area (Å²) in [5, 5.41) is 18.6. The molecule has 218 valence electrons. The summed E-state index contributed by atoms with van der Waals surface area (Å²) in [6.45, 7) is 6.78. The van der Waals surface area contributed by atoms with Crippen molar-refractivity contribution in [1.29, 1.82) is 0 Å². The molecule has 1 aliphatic rings. The van der Waals surface area contributed by atoms with Crippen molar-refractivity contribution in [1.82, 2.24) is 24.8 Å². The lowest BCUT2D eigenvalue weighted by Crippen LogP contribution is -2.39. The molecule has 0 radical (unpaired) electrons. The second kappa shape index (κ2) is 12.5. The summed E-state index contributed by atoms with van der Waals surface area (Å²) >= 11 is 0. The van der Waals surface area contributed by atoms with Crippen molar-refractivity contribution < 1.29 is 27.5 Å². The van der Waals surface area contributed by atoms with Crippen LogP contribution in [-0.4, -0.2) is 62.5 Å². The lowest BCUT2D eigenvalue weighted by molar-refractivity contribution is -0.141. The molecule has 2 aromatic heterocycles. The van der Waals surface area contributed by atoms with Crippen molar-refractivity contribution in [2.45, 2.75) is 52.1 Å². The van der Waals surface area contributed by atoms with Gasteiger partial charge in [-0.15, -0.1) is 0 Å². The Morgan fingerprint density at radius 2 is 1.83 bits per heavy atom. The maximum atomic E-state index is 14.1. The highest BCUT2D eigenvalue weighted by molar-refractivity contribution is 5.77. The monoisotopic (exact) mass is 569 g/mol. The Morgan fingerprint density at radius 3 is 2.51 bits per heavy atom. The number of alkyl halides is 3.